The predicted molar refractivity (Wildman–Crippen MR) is 139 cm³/mol. The summed E-state index contributed by atoms with van der Waals surface area (Å²) in [5, 5.41) is 3.86. The molecule has 3 atom stereocenters. The monoisotopic (exact) mass is 531 g/mol. The minimum atomic E-state index is -4.37. The summed E-state index contributed by atoms with van der Waals surface area (Å²) in [4.78, 5) is 30.8. The van der Waals surface area contributed by atoms with Crippen molar-refractivity contribution in [2.45, 2.75) is 37.8 Å². The maximum absolute atomic E-state index is 13.4. The van der Waals surface area contributed by atoms with Crippen LogP contribution in [0.4, 0.5) is 5.69 Å². The lowest BCUT2D eigenvalue weighted by molar-refractivity contribution is -0.150. The molecule has 0 saturated heterocycles. The topological polar surface area (TPSA) is 134 Å². The van der Waals surface area contributed by atoms with Crippen LogP contribution < -0.4 is 10.0 Å². The minimum Gasteiger partial charge on any atom is -0.468 e. The van der Waals surface area contributed by atoms with E-state index in [2.05, 4.69) is 5.32 Å². The maximum Gasteiger partial charge on any atom is 0.357 e. The first-order chi connectivity index (χ1) is 17.2. The number of nitrogens with zero attached hydrogens (tertiary/aromatic N) is 1. The van der Waals surface area contributed by atoms with Gasteiger partial charge in [0.2, 0.25) is 5.91 Å². The fourth-order valence-corrected chi connectivity index (χ4v) is 5.84. The lowest BCUT2D eigenvalue weighted by Crippen LogP contribution is -2.46. The molecule has 36 heavy (non-hydrogen) atoms. The first kappa shape index (κ1) is 26.2. The van der Waals surface area contributed by atoms with Crippen LogP contribution in [0.2, 0.25) is 0 Å². The van der Waals surface area contributed by atoms with Crippen molar-refractivity contribution in [3.05, 3.63) is 65.7 Å². The molecule has 9 nitrogen and oxygen atoms in total. The number of aliphatic imine (C=N–C) groups is 1. The zero-order valence-electron chi connectivity index (χ0n) is 19.8. The third-order valence-electron chi connectivity index (χ3n) is 6.20. The molecule has 1 unspecified atom stereocenters. The summed E-state index contributed by atoms with van der Waals surface area (Å²) in [6.45, 7) is 0. The van der Waals surface area contributed by atoms with E-state index in [9.17, 15) is 18.0 Å². The largest absolute Gasteiger partial charge is 0.468 e. The number of rotatable bonds is 11. The molecule has 1 fully saturated rings. The number of nitrogens with one attached hydrogen (secondary N) is 2. The maximum atomic E-state index is 13.4. The summed E-state index contributed by atoms with van der Waals surface area (Å²) in [5.41, 5.74) is 1.90. The van der Waals surface area contributed by atoms with Gasteiger partial charge in [0.05, 0.1) is 29.9 Å². The Balaban J connectivity index is 1.53. The van der Waals surface area contributed by atoms with E-state index in [4.69, 9.17) is 14.3 Å². The molecule has 1 aliphatic carbocycles. The predicted octanol–water partition coefficient (Wildman–Crippen LogP) is 2.88. The zero-order chi connectivity index (χ0) is 25.7. The molecule has 2 aliphatic rings. The molecule has 0 bridgehead atoms. The molecule has 1 heterocycles. The fourth-order valence-electron chi connectivity index (χ4n) is 4.16. The van der Waals surface area contributed by atoms with E-state index in [0.717, 1.165) is 21.9 Å². The van der Waals surface area contributed by atoms with E-state index in [1.54, 1.807) is 23.9 Å². The lowest BCUT2D eigenvalue weighted by Gasteiger charge is -2.22. The highest BCUT2D eigenvalue weighted by molar-refractivity contribution is 8.14. The second-order valence-electron chi connectivity index (χ2n) is 8.99. The summed E-state index contributed by atoms with van der Waals surface area (Å²) in [7, 11) is -3.10. The summed E-state index contributed by atoms with van der Waals surface area (Å²) in [6.07, 6.45) is 2.96. The Bertz CT molecular complexity index is 1210. The highest BCUT2D eigenvalue weighted by atomic mass is 32.2. The lowest BCUT2D eigenvalue weighted by atomic mass is 9.97. The van der Waals surface area contributed by atoms with E-state index in [1.807, 2.05) is 35.1 Å². The van der Waals surface area contributed by atoms with Crippen molar-refractivity contribution in [1.82, 2.24) is 5.32 Å². The van der Waals surface area contributed by atoms with Gasteiger partial charge >= 0.3 is 16.3 Å². The summed E-state index contributed by atoms with van der Waals surface area (Å²) in [6, 6.07) is 15.6. The molecule has 4 rings (SSSR count). The number of amides is 1. The summed E-state index contributed by atoms with van der Waals surface area (Å²) >= 11 is 1.62. The van der Waals surface area contributed by atoms with Gasteiger partial charge in [-0.25, -0.2) is 0 Å². The molecule has 1 saturated carbocycles. The Morgan fingerprint density at radius 3 is 2.36 bits per heavy atom. The number of anilines is 1. The number of methoxy groups -OCH3 is 1. The number of hydrogen-bond acceptors (Lipinski definition) is 7. The highest BCUT2D eigenvalue weighted by Crippen LogP contribution is 2.39. The van der Waals surface area contributed by atoms with E-state index >= 15 is 0 Å². The average Bonchev–Trinajstić information content (AvgIpc) is 3.59. The standard InChI is InChI=1S/C25H29N3O6S2/c1-34-25(30)20(13-16-5-3-2-4-6-16)23(29)26-21(24-27-22(15-35-24)18-9-10-18)14-17-7-11-19(12-8-17)28-36(31,32)33/h2-8,11-12,18,20-22,28H,9-10,13-15H2,1H3,(H,26,29)(H,31,32,33)/t20-,21-,22?/m0/s1. The van der Waals surface area contributed by atoms with Crippen LogP contribution in [-0.4, -0.2) is 54.8 Å². The Labute approximate surface area is 215 Å². The third kappa shape index (κ3) is 7.31. The van der Waals surface area contributed by atoms with Crippen molar-refractivity contribution >= 4 is 44.7 Å². The molecular formula is C25H29N3O6S2. The normalized spacial score (nSPS) is 19.2. The smallest absolute Gasteiger partial charge is 0.357 e. The molecule has 1 aliphatic heterocycles. The van der Waals surface area contributed by atoms with Gasteiger partial charge in [0.25, 0.3) is 0 Å². The minimum absolute atomic E-state index is 0.215. The van der Waals surface area contributed by atoms with Crippen LogP contribution in [0.3, 0.4) is 0 Å². The van der Waals surface area contributed by atoms with Crippen molar-refractivity contribution in [1.29, 1.82) is 0 Å². The Morgan fingerprint density at radius 1 is 1.08 bits per heavy atom. The molecular weight excluding hydrogens is 502 g/mol. The van der Waals surface area contributed by atoms with Gasteiger partial charge in [-0.15, -0.1) is 11.8 Å². The van der Waals surface area contributed by atoms with Crippen molar-refractivity contribution in [2.24, 2.45) is 16.8 Å². The number of ether oxygens (including phenoxy) is 1. The fraction of sp³-hybridized carbons (Fsp3) is 0.400. The molecule has 0 aromatic heterocycles. The van der Waals surface area contributed by atoms with Crippen molar-refractivity contribution in [3.63, 3.8) is 0 Å². The third-order valence-corrected chi connectivity index (χ3v) is 7.89. The number of esters is 1. The van der Waals surface area contributed by atoms with Crippen LogP contribution in [0.1, 0.15) is 24.0 Å². The van der Waals surface area contributed by atoms with Crippen LogP contribution in [0.15, 0.2) is 59.6 Å². The summed E-state index contributed by atoms with van der Waals surface area (Å²) in [5.74, 6) is -0.578. The van der Waals surface area contributed by atoms with Gasteiger partial charge in [-0.1, -0.05) is 42.5 Å². The number of carbonyl (C=O) groups excluding carboxylic acids is 2. The van der Waals surface area contributed by atoms with Crippen molar-refractivity contribution in [3.8, 4) is 0 Å². The van der Waals surface area contributed by atoms with Crippen LogP contribution in [-0.2, 0) is 37.5 Å². The highest BCUT2D eigenvalue weighted by Gasteiger charge is 2.37. The van der Waals surface area contributed by atoms with Gasteiger partial charge in [0, 0.05) is 5.75 Å². The molecule has 2 aromatic rings. The number of hydrogen-bond donors (Lipinski definition) is 3. The van der Waals surface area contributed by atoms with Crippen LogP contribution in [0.5, 0.6) is 0 Å². The molecule has 0 radical (unpaired) electrons. The molecule has 192 valence electrons. The Hall–Kier alpha value is -2.89. The first-order valence-electron chi connectivity index (χ1n) is 11.7. The Kier molecular flexibility index (Phi) is 8.32. The van der Waals surface area contributed by atoms with Gasteiger partial charge < -0.3 is 10.1 Å². The second-order valence-corrected chi connectivity index (χ2v) is 11.2. The molecule has 3 N–H and O–H groups in total. The van der Waals surface area contributed by atoms with Crippen molar-refractivity contribution in [2.75, 3.05) is 17.6 Å². The summed E-state index contributed by atoms with van der Waals surface area (Å²) < 4.78 is 38.1. The van der Waals surface area contributed by atoms with E-state index < -0.39 is 34.1 Å². The SMILES string of the molecule is COC(=O)[C@@H](Cc1ccccc1)C(=O)N[C@@H](Cc1ccc(NS(=O)(=O)O)cc1)C1=NC(C2CC2)CS1. The molecule has 0 spiro atoms. The number of benzene rings is 2. The number of carbonyl (C=O) groups is 2. The van der Waals surface area contributed by atoms with Gasteiger partial charge in [-0.2, -0.15) is 8.42 Å². The van der Waals surface area contributed by atoms with Gasteiger partial charge in [0.1, 0.15) is 5.92 Å². The van der Waals surface area contributed by atoms with Crippen LogP contribution in [0.25, 0.3) is 0 Å². The van der Waals surface area contributed by atoms with E-state index in [0.29, 0.717) is 12.3 Å². The van der Waals surface area contributed by atoms with E-state index in [1.165, 1.54) is 32.1 Å². The van der Waals surface area contributed by atoms with Crippen LogP contribution in [0, 0.1) is 11.8 Å². The zero-order valence-corrected chi connectivity index (χ0v) is 21.4. The van der Waals surface area contributed by atoms with Crippen LogP contribution >= 0.6 is 11.8 Å². The second kappa shape index (κ2) is 11.4. The molecule has 2 aromatic carbocycles. The van der Waals surface area contributed by atoms with Gasteiger partial charge in [0.15, 0.2) is 0 Å². The van der Waals surface area contributed by atoms with Gasteiger partial charge in [-0.3, -0.25) is 23.9 Å². The van der Waals surface area contributed by atoms with Crippen molar-refractivity contribution < 1.29 is 27.3 Å². The average molecular weight is 532 g/mol. The molecule has 1 amide bonds. The first-order valence-corrected chi connectivity index (χ1v) is 14.1. The quantitative estimate of drug-likeness (QED) is 0.231. The Morgan fingerprint density at radius 2 is 1.75 bits per heavy atom. The molecule has 11 heteroatoms. The van der Waals surface area contributed by atoms with E-state index in [-0.39, 0.29) is 18.2 Å². The van der Waals surface area contributed by atoms with Gasteiger partial charge in [-0.05, 0) is 54.9 Å². The number of thioether (sulfide) groups is 1.